The Bertz CT molecular complexity index is 909. The van der Waals surface area contributed by atoms with E-state index in [0.29, 0.717) is 23.5 Å². The van der Waals surface area contributed by atoms with Crippen LogP contribution in [0.4, 0.5) is 0 Å². The second-order valence-electron chi connectivity index (χ2n) is 5.46. The standard InChI is InChI=1S/C21H18O4/c1-2-24-20-13-6-5-11-18(20)21(23)25-14-19(22)17-12-7-9-15-8-3-4-10-16(15)17/h3-13H,2,14H2,1H3. The van der Waals surface area contributed by atoms with E-state index in [0.717, 1.165) is 10.8 Å². The van der Waals surface area contributed by atoms with Gasteiger partial charge in [-0.25, -0.2) is 4.79 Å². The lowest BCUT2D eigenvalue weighted by Crippen LogP contribution is -2.15. The van der Waals surface area contributed by atoms with Crippen LogP contribution in [-0.2, 0) is 4.74 Å². The van der Waals surface area contributed by atoms with E-state index in [9.17, 15) is 9.59 Å². The van der Waals surface area contributed by atoms with Crippen molar-refractivity contribution >= 4 is 22.5 Å². The first-order valence-electron chi connectivity index (χ1n) is 8.10. The highest BCUT2D eigenvalue weighted by Gasteiger charge is 2.16. The Hall–Kier alpha value is -3.14. The highest BCUT2D eigenvalue weighted by molar-refractivity contribution is 6.09. The van der Waals surface area contributed by atoms with Crippen LogP contribution in [0.5, 0.6) is 5.75 Å². The molecule has 0 fully saturated rings. The Kier molecular flexibility index (Phi) is 5.09. The minimum Gasteiger partial charge on any atom is -0.493 e. The minimum atomic E-state index is -0.572. The third kappa shape index (κ3) is 3.69. The summed E-state index contributed by atoms with van der Waals surface area (Å²) in [5.41, 5.74) is 0.860. The molecular formula is C21H18O4. The second kappa shape index (κ2) is 7.62. The first-order chi connectivity index (χ1) is 12.2. The molecule has 3 rings (SSSR count). The zero-order chi connectivity index (χ0) is 17.6. The van der Waals surface area contributed by atoms with Crippen LogP contribution >= 0.6 is 0 Å². The van der Waals surface area contributed by atoms with Crippen molar-refractivity contribution in [2.75, 3.05) is 13.2 Å². The summed E-state index contributed by atoms with van der Waals surface area (Å²) in [7, 11) is 0. The van der Waals surface area contributed by atoms with Gasteiger partial charge in [-0.05, 0) is 29.8 Å². The average molecular weight is 334 g/mol. The van der Waals surface area contributed by atoms with Crippen molar-refractivity contribution in [1.29, 1.82) is 0 Å². The van der Waals surface area contributed by atoms with Crippen molar-refractivity contribution in [3.63, 3.8) is 0 Å². The number of hydrogen-bond acceptors (Lipinski definition) is 4. The quantitative estimate of drug-likeness (QED) is 0.499. The Morgan fingerprint density at radius 2 is 1.52 bits per heavy atom. The molecule has 4 nitrogen and oxygen atoms in total. The van der Waals surface area contributed by atoms with Gasteiger partial charge in [0.05, 0.1) is 6.61 Å². The number of para-hydroxylation sites is 1. The second-order valence-corrected chi connectivity index (χ2v) is 5.46. The van der Waals surface area contributed by atoms with Gasteiger partial charge >= 0.3 is 5.97 Å². The Morgan fingerprint density at radius 1 is 0.840 bits per heavy atom. The van der Waals surface area contributed by atoms with Gasteiger partial charge in [0, 0.05) is 5.56 Å². The molecule has 3 aromatic carbocycles. The molecule has 0 aromatic heterocycles. The zero-order valence-corrected chi connectivity index (χ0v) is 13.9. The maximum Gasteiger partial charge on any atom is 0.342 e. The molecule has 0 bridgehead atoms. The average Bonchev–Trinajstić information content (AvgIpc) is 2.66. The van der Waals surface area contributed by atoms with Crippen LogP contribution in [0.15, 0.2) is 66.7 Å². The van der Waals surface area contributed by atoms with Gasteiger partial charge in [-0.1, -0.05) is 54.6 Å². The van der Waals surface area contributed by atoms with Crippen molar-refractivity contribution in [1.82, 2.24) is 0 Å². The van der Waals surface area contributed by atoms with E-state index in [-0.39, 0.29) is 12.4 Å². The zero-order valence-electron chi connectivity index (χ0n) is 13.9. The molecule has 0 aliphatic heterocycles. The lowest BCUT2D eigenvalue weighted by molar-refractivity contribution is 0.0471. The van der Waals surface area contributed by atoms with Gasteiger partial charge in [-0.15, -0.1) is 0 Å². The molecule has 126 valence electrons. The van der Waals surface area contributed by atoms with E-state index >= 15 is 0 Å². The molecule has 0 aliphatic carbocycles. The van der Waals surface area contributed by atoms with Crippen molar-refractivity contribution in [2.45, 2.75) is 6.92 Å². The van der Waals surface area contributed by atoms with Crippen molar-refractivity contribution in [3.8, 4) is 5.75 Å². The fourth-order valence-electron chi connectivity index (χ4n) is 2.67. The fraction of sp³-hybridized carbons (Fsp3) is 0.143. The van der Waals surface area contributed by atoms with E-state index in [2.05, 4.69) is 0 Å². The summed E-state index contributed by atoms with van der Waals surface area (Å²) < 4.78 is 10.6. The van der Waals surface area contributed by atoms with E-state index in [1.54, 1.807) is 30.3 Å². The summed E-state index contributed by atoms with van der Waals surface area (Å²) in [6.45, 7) is 1.97. The number of rotatable bonds is 6. The molecule has 0 amide bonds. The Labute approximate surface area is 146 Å². The lowest BCUT2D eigenvalue weighted by Gasteiger charge is -2.10. The number of carbonyl (C=O) groups excluding carboxylic acids is 2. The molecule has 25 heavy (non-hydrogen) atoms. The molecule has 0 radical (unpaired) electrons. The summed E-state index contributed by atoms with van der Waals surface area (Å²) >= 11 is 0. The van der Waals surface area contributed by atoms with Crippen LogP contribution in [0.2, 0.25) is 0 Å². The molecule has 0 atom stereocenters. The highest BCUT2D eigenvalue weighted by Crippen LogP contribution is 2.21. The maximum atomic E-state index is 12.5. The van der Waals surface area contributed by atoms with Crippen LogP contribution in [0.3, 0.4) is 0 Å². The predicted octanol–water partition coefficient (Wildman–Crippen LogP) is 4.28. The molecule has 4 heteroatoms. The number of fused-ring (bicyclic) bond motifs is 1. The van der Waals surface area contributed by atoms with Crippen LogP contribution in [0, 0.1) is 0 Å². The van der Waals surface area contributed by atoms with Crippen LogP contribution in [0.25, 0.3) is 10.8 Å². The number of hydrogen-bond donors (Lipinski definition) is 0. The predicted molar refractivity (Wildman–Crippen MR) is 96.2 cm³/mol. The number of Topliss-reactive ketones (excluding diaryl/α,β-unsaturated/α-hetero) is 1. The molecule has 0 saturated heterocycles. The molecule has 3 aromatic rings. The van der Waals surface area contributed by atoms with Crippen LogP contribution in [-0.4, -0.2) is 25.0 Å². The fourth-order valence-corrected chi connectivity index (χ4v) is 2.67. The molecule has 0 unspecified atom stereocenters. The molecule has 0 N–H and O–H groups in total. The third-order valence-electron chi connectivity index (χ3n) is 3.83. The maximum absolute atomic E-state index is 12.5. The number of esters is 1. The largest absolute Gasteiger partial charge is 0.493 e. The topological polar surface area (TPSA) is 52.6 Å². The van der Waals surface area contributed by atoms with Gasteiger partial charge in [-0.2, -0.15) is 0 Å². The van der Waals surface area contributed by atoms with Crippen molar-refractivity contribution in [2.24, 2.45) is 0 Å². The first kappa shape index (κ1) is 16.7. The summed E-state index contributed by atoms with van der Waals surface area (Å²) in [6.07, 6.45) is 0. The SMILES string of the molecule is CCOc1ccccc1C(=O)OCC(=O)c1cccc2ccccc12. The summed E-state index contributed by atoms with van der Waals surface area (Å²) in [5.74, 6) is -0.357. The smallest absolute Gasteiger partial charge is 0.342 e. The summed E-state index contributed by atoms with van der Waals surface area (Å²) in [4.78, 5) is 24.8. The van der Waals surface area contributed by atoms with Crippen LogP contribution < -0.4 is 4.74 Å². The van der Waals surface area contributed by atoms with Gasteiger partial charge in [0.1, 0.15) is 11.3 Å². The summed E-state index contributed by atoms with van der Waals surface area (Å²) in [6, 6.07) is 20.0. The van der Waals surface area contributed by atoms with Gasteiger partial charge in [0.25, 0.3) is 0 Å². The molecule has 0 spiro atoms. The van der Waals surface area contributed by atoms with Gasteiger partial charge in [0.15, 0.2) is 6.61 Å². The van der Waals surface area contributed by atoms with Crippen LogP contribution in [0.1, 0.15) is 27.6 Å². The normalized spacial score (nSPS) is 10.4. The molecular weight excluding hydrogens is 316 g/mol. The third-order valence-corrected chi connectivity index (χ3v) is 3.83. The lowest BCUT2D eigenvalue weighted by atomic mass is 10.0. The first-order valence-corrected chi connectivity index (χ1v) is 8.10. The van der Waals surface area contributed by atoms with Crippen molar-refractivity contribution < 1.29 is 19.1 Å². The molecule has 0 saturated carbocycles. The monoisotopic (exact) mass is 334 g/mol. The van der Waals surface area contributed by atoms with E-state index < -0.39 is 5.97 Å². The van der Waals surface area contributed by atoms with E-state index in [4.69, 9.17) is 9.47 Å². The van der Waals surface area contributed by atoms with Crippen molar-refractivity contribution in [3.05, 3.63) is 77.9 Å². The number of ketones is 1. The van der Waals surface area contributed by atoms with E-state index in [1.165, 1.54) is 0 Å². The van der Waals surface area contributed by atoms with Gasteiger partial charge in [-0.3, -0.25) is 4.79 Å². The molecule has 0 heterocycles. The Morgan fingerprint density at radius 3 is 2.36 bits per heavy atom. The number of carbonyl (C=O) groups is 2. The highest BCUT2D eigenvalue weighted by atomic mass is 16.5. The van der Waals surface area contributed by atoms with Gasteiger partial charge in [0.2, 0.25) is 5.78 Å². The number of benzene rings is 3. The summed E-state index contributed by atoms with van der Waals surface area (Å²) in [5, 5.41) is 1.82. The number of ether oxygens (including phenoxy) is 2. The van der Waals surface area contributed by atoms with E-state index in [1.807, 2.05) is 43.3 Å². The van der Waals surface area contributed by atoms with Gasteiger partial charge < -0.3 is 9.47 Å². The molecule has 0 aliphatic rings. The minimum absolute atomic E-state index is 0.237. The Balaban J connectivity index is 1.75.